The zero-order chi connectivity index (χ0) is 18.9. The Morgan fingerprint density at radius 1 is 1.30 bits per heavy atom. The number of benzene rings is 1. The average molecular weight is 391 g/mol. The van der Waals surface area contributed by atoms with Crippen LogP contribution in [0.15, 0.2) is 41.8 Å². The number of amides is 1. The van der Waals surface area contributed by atoms with Crippen LogP contribution in [0.25, 0.3) is 0 Å². The first-order valence-electron chi connectivity index (χ1n) is 9.59. The lowest BCUT2D eigenvalue weighted by Crippen LogP contribution is -2.40. The van der Waals surface area contributed by atoms with Gasteiger partial charge in [0.1, 0.15) is 0 Å². The SMILES string of the molecule is O=C(CCCOc1ccccc1F)NCC1CCCN(Cc2cccs2)C1. The van der Waals surface area contributed by atoms with Crippen LogP contribution in [-0.4, -0.2) is 37.0 Å². The average Bonchev–Trinajstić information content (AvgIpc) is 3.18. The first-order chi connectivity index (χ1) is 13.2. The van der Waals surface area contributed by atoms with E-state index in [4.69, 9.17) is 4.74 Å². The molecule has 1 aliphatic heterocycles. The van der Waals surface area contributed by atoms with Crippen molar-refractivity contribution in [1.29, 1.82) is 0 Å². The molecule has 1 amide bonds. The Hall–Kier alpha value is -1.92. The number of carbonyl (C=O) groups excluding carboxylic acids is 1. The van der Waals surface area contributed by atoms with Gasteiger partial charge < -0.3 is 10.1 Å². The summed E-state index contributed by atoms with van der Waals surface area (Å²) in [6.45, 7) is 4.25. The number of ether oxygens (including phenoxy) is 1. The van der Waals surface area contributed by atoms with Gasteiger partial charge in [0.05, 0.1) is 6.61 Å². The minimum atomic E-state index is -0.369. The summed E-state index contributed by atoms with van der Waals surface area (Å²) in [4.78, 5) is 15.9. The molecular weight excluding hydrogens is 363 g/mol. The molecule has 1 saturated heterocycles. The molecule has 1 aromatic heterocycles. The third kappa shape index (κ3) is 6.63. The van der Waals surface area contributed by atoms with Gasteiger partial charge >= 0.3 is 0 Å². The van der Waals surface area contributed by atoms with E-state index >= 15 is 0 Å². The summed E-state index contributed by atoms with van der Waals surface area (Å²) >= 11 is 1.80. The molecule has 1 aromatic carbocycles. The summed E-state index contributed by atoms with van der Waals surface area (Å²) in [5.74, 6) is 0.428. The topological polar surface area (TPSA) is 41.6 Å². The predicted octanol–water partition coefficient (Wildman–Crippen LogP) is 4.07. The lowest BCUT2D eigenvalue weighted by molar-refractivity contribution is -0.121. The van der Waals surface area contributed by atoms with Crippen molar-refractivity contribution in [3.63, 3.8) is 0 Å². The highest BCUT2D eigenvalue weighted by atomic mass is 32.1. The van der Waals surface area contributed by atoms with Crippen LogP contribution in [0.4, 0.5) is 4.39 Å². The molecule has 3 rings (SSSR count). The smallest absolute Gasteiger partial charge is 0.220 e. The maximum atomic E-state index is 13.4. The molecule has 1 unspecified atom stereocenters. The molecule has 27 heavy (non-hydrogen) atoms. The van der Waals surface area contributed by atoms with Crippen LogP contribution in [0.5, 0.6) is 5.75 Å². The highest BCUT2D eigenvalue weighted by Crippen LogP contribution is 2.20. The summed E-state index contributed by atoms with van der Waals surface area (Å²) < 4.78 is 18.8. The van der Waals surface area contributed by atoms with Crippen molar-refractivity contribution < 1.29 is 13.9 Å². The lowest BCUT2D eigenvalue weighted by atomic mass is 9.98. The molecule has 146 valence electrons. The molecule has 6 heteroatoms. The number of rotatable bonds is 9. The van der Waals surface area contributed by atoms with E-state index in [1.807, 2.05) is 0 Å². The summed E-state index contributed by atoms with van der Waals surface area (Å²) in [5, 5.41) is 5.17. The predicted molar refractivity (Wildman–Crippen MR) is 106 cm³/mol. The first-order valence-corrected chi connectivity index (χ1v) is 10.5. The number of hydrogen-bond acceptors (Lipinski definition) is 4. The Morgan fingerprint density at radius 2 is 2.19 bits per heavy atom. The van der Waals surface area contributed by atoms with Crippen molar-refractivity contribution in [3.05, 3.63) is 52.5 Å². The highest BCUT2D eigenvalue weighted by Gasteiger charge is 2.20. The van der Waals surface area contributed by atoms with E-state index in [0.29, 0.717) is 25.4 Å². The highest BCUT2D eigenvalue weighted by molar-refractivity contribution is 7.09. The maximum absolute atomic E-state index is 13.4. The molecule has 0 radical (unpaired) electrons. The minimum Gasteiger partial charge on any atom is -0.491 e. The molecule has 0 aliphatic carbocycles. The van der Waals surface area contributed by atoms with Gasteiger partial charge in [-0.25, -0.2) is 4.39 Å². The van der Waals surface area contributed by atoms with E-state index in [1.165, 1.54) is 17.4 Å². The first kappa shape index (κ1) is 19.8. The molecule has 1 atom stereocenters. The normalized spacial score (nSPS) is 17.6. The molecule has 2 heterocycles. The number of nitrogens with zero attached hydrogens (tertiary/aromatic N) is 1. The third-order valence-electron chi connectivity index (χ3n) is 4.79. The van der Waals surface area contributed by atoms with Gasteiger partial charge in [0.15, 0.2) is 11.6 Å². The van der Waals surface area contributed by atoms with E-state index in [0.717, 1.165) is 32.6 Å². The van der Waals surface area contributed by atoms with Crippen molar-refractivity contribution in [2.45, 2.75) is 32.2 Å². The number of thiophene rings is 1. The molecular formula is C21H27FN2O2S. The van der Waals surface area contributed by atoms with E-state index in [-0.39, 0.29) is 17.5 Å². The molecule has 1 fully saturated rings. The summed E-state index contributed by atoms with van der Waals surface area (Å²) in [6, 6.07) is 10.6. The Kier molecular flexibility index (Phi) is 7.66. The van der Waals surface area contributed by atoms with Gasteiger partial charge in [0.25, 0.3) is 0 Å². The zero-order valence-corrected chi connectivity index (χ0v) is 16.3. The van der Waals surface area contributed by atoms with Gasteiger partial charge in [-0.05, 0) is 55.3 Å². The van der Waals surface area contributed by atoms with Crippen LogP contribution in [-0.2, 0) is 11.3 Å². The summed E-state index contributed by atoms with van der Waals surface area (Å²) in [6.07, 6.45) is 3.33. The number of nitrogens with one attached hydrogen (secondary N) is 1. The monoisotopic (exact) mass is 390 g/mol. The number of carbonyl (C=O) groups is 1. The summed E-state index contributed by atoms with van der Waals surface area (Å²) in [7, 11) is 0. The number of piperidine rings is 1. The second-order valence-corrected chi connectivity index (χ2v) is 8.04. The fourth-order valence-electron chi connectivity index (χ4n) is 3.41. The van der Waals surface area contributed by atoms with Crippen LogP contribution in [0, 0.1) is 11.7 Å². The largest absolute Gasteiger partial charge is 0.491 e. The van der Waals surface area contributed by atoms with Crippen LogP contribution in [0.3, 0.4) is 0 Å². The van der Waals surface area contributed by atoms with Gasteiger partial charge in [-0.1, -0.05) is 18.2 Å². The number of para-hydroxylation sites is 1. The zero-order valence-electron chi connectivity index (χ0n) is 15.5. The number of hydrogen-bond donors (Lipinski definition) is 1. The Bertz CT molecular complexity index is 708. The van der Waals surface area contributed by atoms with Crippen LogP contribution < -0.4 is 10.1 Å². The Balaban J connectivity index is 1.30. The third-order valence-corrected chi connectivity index (χ3v) is 5.65. The van der Waals surface area contributed by atoms with Gasteiger partial charge in [-0.2, -0.15) is 0 Å². The van der Waals surface area contributed by atoms with Crippen LogP contribution in [0.2, 0.25) is 0 Å². The van der Waals surface area contributed by atoms with E-state index in [9.17, 15) is 9.18 Å². The quantitative estimate of drug-likeness (QED) is 0.656. The summed E-state index contributed by atoms with van der Waals surface area (Å²) in [5.41, 5.74) is 0. The second kappa shape index (κ2) is 10.4. The van der Waals surface area contributed by atoms with Crippen molar-refractivity contribution in [2.24, 2.45) is 5.92 Å². The minimum absolute atomic E-state index is 0.0440. The van der Waals surface area contributed by atoms with Crippen molar-refractivity contribution >= 4 is 17.2 Å². The second-order valence-electron chi connectivity index (χ2n) is 7.01. The fourth-order valence-corrected chi connectivity index (χ4v) is 4.15. The Labute approximate surface area is 164 Å². The molecule has 1 N–H and O–H groups in total. The van der Waals surface area contributed by atoms with Gasteiger partial charge in [0.2, 0.25) is 5.91 Å². The van der Waals surface area contributed by atoms with Gasteiger partial charge in [0, 0.05) is 30.9 Å². The number of likely N-dealkylation sites (tertiary alicyclic amines) is 1. The van der Waals surface area contributed by atoms with Crippen molar-refractivity contribution in [2.75, 3.05) is 26.2 Å². The van der Waals surface area contributed by atoms with E-state index < -0.39 is 0 Å². The molecule has 2 aromatic rings. The molecule has 0 saturated carbocycles. The van der Waals surface area contributed by atoms with E-state index in [1.54, 1.807) is 29.5 Å². The molecule has 4 nitrogen and oxygen atoms in total. The van der Waals surface area contributed by atoms with Crippen molar-refractivity contribution in [1.82, 2.24) is 10.2 Å². The number of halogens is 1. The van der Waals surface area contributed by atoms with Crippen LogP contribution >= 0.6 is 11.3 Å². The van der Waals surface area contributed by atoms with Gasteiger partial charge in [-0.15, -0.1) is 11.3 Å². The lowest BCUT2D eigenvalue weighted by Gasteiger charge is -2.32. The maximum Gasteiger partial charge on any atom is 0.220 e. The molecule has 0 spiro atoms. The molecule has 0 bridgehead atoms. The van der Waals surface area contributed by atoms with E-state index in [2.05, 4.69) is 27.7 Å². The van der Waals surface area contributed by atoms with Crippen LogP contribution in [0.1, 0.15) is 30.6 Å². The fraction of sp³-hybridized carbons (Fsp3) is 0.476. The van der Waals surface area contributed by atoms with Gasteiger partial charge in [-0.3, -0.25) is 9.69 Å². The standard InChI is InChI=1S/C21H27FN2O2S/c22-19-8-1-2-9-20(19)26-12-4-10-21(25)23-14-17-6-3-11-24(15-17)16-18-7-5-13-27-18/h1-2,5,7-9,13,17H,3-4,6,10-12,14-16H2,(H,23,25). The molecule has 1 aliphatic rings. The Morgan fingerprint density at radius 3 is 3.00 bits per heavy atom. The van der Waals surface area contributed by atoms with Crippen molar-refractivity contribution in [3.8, 4) is 5.75 Å².